The van der Waals surface area contributed by atoms with Crippen LogP contribution < -0.4 is 25.8 Å². The molecule has 2 aromatic rings. The number of carbonyl (C=O) groups excluding carboxylic acids is 1. The molecule has 0 bridgehead atoms. The average Bonchev–Trinajstić information content (AvgIpc) is 3.08. The van der Waals surface area contributed by atoms with E-state index < -0.39 is 0 Å². The molecule has 1 aromatic carbocycles. The van der Waals surface area contributed by atoms with Crippen LogP contribution in [0.5, 0.6) is 11.5 Å². The molecule has 0 fully saturated rings. The maximum Gasteiger partial charge on any atom is 0.319 e. The third kappa shape index (κ3) is 3.19. The normalized spacial score (nSPS) is 12.2. The Labute approximate surface area is 130 Å². The van der Waals surface area contributed by atoms with Crippen molar-refractivity contribution in [3.05, 3.63) is 22.7 Å². The van der Waals surface area contributed by atoms with Crippen molar-refractivity contribution >= 4 is 28.2 Å². The number of nitrogens with zero attached hydrogens (tertiary/aromatic N) is 2. The van der Waals surface area contributed by atoms with Gasteiger partial charge in [0.2, 0.25) is 11.9 Å². The van der Waals surface area contributed by atoms with Crippen LogP contribution >= 0.6 is 11.3 Å². The molecule has 0 radical (unpaired) electrons. The minimum Gasteiger partial charge on any atom is -0.454 e. The van der Waals surface area contributed by atoms with Gasteiger partial charge in [0.05, 0.1) is 0 Å². The van der Waals surface area contributed by atoms with E-state index in [4.69, 9.17) is 15.2 Å². The lowest BCUT2D eigenvalue weighted by atomic mass is 10.2. The summed E-state index contributed by atoms with van der Waals surface area (Å²) in [5, 5.41) is 14.4. The Morgan fingerprint density at radius 3 is 2.86 bits per heavy atom. The van der Waals surface area contributed by atoms with E-state index in [1.807, 2.05) is 13.0 Å². The van der Waals surface area contributed by atoms with Crippen molar-refractivity contribution in [1.29, 1.82) is 0 Å². The number of nitrogen functional groups attached to an aromatic ring is 1. The highest BCUT2D eigenvalue weighted by Gasteiger charge is 2.16. The molecule has 9 heteroatoms. The maximum atomic E-state index is 11.9. The number of anilines is 2. The Bertz CT molecular complexity index is 703. The quantitative estimate of drug-likeness (QED) is 0.787. The first-order chi connectivity index (χ1) is 10.6. The van der Waals surface area contributed by atoms with Gasteiger partial charge < -0.3 is 25.8 Å². The van der Waals surface area contributed by atoms with E-state index in [1.165, 1.54) is 11.3 Å². The molecule has 0 atom stereocenters. The summed E-state index contributed by atoms with van der Waals surface area (Å²) in [5.74, 6) is 1.32. The molecule has 2 heterocycles. The number of urea groups is 1. The summed E-state index contributed by atoms with van der Waals surface area (Å²) in [6, 6.07) is 3.30. The fraction of sp³-hybridized carbons (Fsp3) is 0.308. The molecule has 0 unspecified atom stereocenters. The first-order valence-corrected chi connectivity index (χ1v) is 7.46. The lowest BCUT2D eigenvalue weighted by molar-refractivity contribution is 0.174. The zero-order valence-electron chi connectivity index (χ0n) is 11.9. The lowest BCUT2D eigenvalue weighted by Crippen LogP contribution is -2.30. The molecule has 22 heavy (non-hydrogen) atoms. The molecule has 0 saturated carbocycles. The van der Waals surface area contributed by atoms with Crippen LogP contribution in [0.15, 0.2) is 12.1 Å². The third-order valence-corrected chi connectivity index (χ3v) is 3.89. The summed E-state index contributed by atoms with van der Waals surface area (Å²) in [5.41, 5.74) is 7.08. The van der Waals surface area contributed by atoms with Crippen LogP contribution in [-0.2, 0) is 6.42 Å². The van der Waals surface area contributed by atoms with Gasteiger partial charge in [-0.05, 0) is 18.6 Å². The van der Waals surface area contributed by atoms with Gasteiger partial charge in [0, 0.05) is 24.7 Å². The summed E-state index contributed by atoms with van der Waals surface area (Å²) >= 11 is 1.31. The van der Waals surface area contributed by atoms with Crippen molar-refractivity contribution in [3.63, 3.8) is 0 Å². The second-order valence-corrected chi connectivity index (χ2v) is 5.78. The fourth-order valence-electron chi connectivity index (χ4n) is 2.00. The minimum absolute atomic E-state index is 0.204. The number of hydrogen-bond donors (Lipinski definition) is 3. The Kier molecular flexibility index (Phi) is 3.96. The number of carbonyl (C=O) groups is 1. The second-order valence-electron chi connectivity index (χ2n) is 4.69. The number of amides is 2. The largest absolute Gasteiger partial charge is 0.454 e. The van der Waals surface area contributed by atoms with Gasteiger partial charge in [-0.2, -0.15) is 0 Å². The number of rotatable bonds is 4. The topological polar surface area (TPSA) is 111 Å². The molecule has 4 N–H and O–H groups in total. The summed E-state index contributed by atoms with van der Waals surface area (Å²) in [6.45, 7) is 2.54. The van der Waals surface area contributed by atoms with Gasteiger partial charge in [-0.25, -0.2) is 4.79 Å². The predicted molar refractivity (Wildman–Crippen MR) is 82.3 cm³/mol. The van der Waals surface area contributed by atoms with E-state index >= 15 is 0 Å². The smallest absolute Gasteiger partial charge is 0.319 e. The number of benzene rings is 1. The summed E-state index contributed by atoms with van der Waals surface area (Å²) in [4.78, 5) is 11.9. The van der Waals surface area contributed by atoms with Gasteiger partial charge in [-0.1, -0.05) is 11.3 Å². The van der Waals surface area contributed by atoms with Crippen LogP contribution in [0.4, 0.5) is 15.6 Å². The SMILES string of the molecule is Cc1cc2c(cc1NC(=O)NCCc1nnc(N)s1)OCO2. The first kappa shape index (κ1) is 14.4. The molecule has 116 valence electrons. The van der Waals surface area contributed by atoms with Crippen LogP contribution in [0.1, 0.15) is 10.6 Å². The van der Waals surface area contributed by atoms with E-state index in [-0.39, 0.29) is 12.8 Å². The summed E-state index contributed by atoms with van der Waals surface area (Å²) in [7, 11) is 0. The maximum absolute atomic E-state index is 11.9. The predicted octanol–water partition coefficient (Wildman–Crippen LogP) is 1.52. The zero-order valence-corrected chi connectivity index (χ0v) is 12.7. The monoisotopic (exact) mass is 321 g/mol. The van der Waals surface area contributed by atoms with Crippen molar-refractivity contribution in [2.75, 3.05) is 24.4 Å². The molecule has 2 amide bonds. The molecular weight excluding hydrogens is 306 g/mol. The number of nitrogens with two attached hydrogens (primary N) is 1. The van der Waals surface area contributed by atoms with Crippen LogP contribution in [0.3, 0.4) is 0 Å². The number of hydrogen-bond acceptors (Lipinski definition) is 7. The molecule has 0 aliphatic carbocycles. The van der Waals surface area contributed by atoms with Crippen molar-refractivity contribution in [1.82, 2.24) is 15.5 Å². The van der Waals surface area contributed by atoms with Crippen molar-refractivity contribution < 1.29 is 14.3 Å². The van der Waals surface area contributed by atoms with Gasteiger partial charge >= 0.3 is 6.03 Å². The van der Waals surface area contributed by atoms with Gasteiger partial charge in [-0.3, -0.25) is 0 Å². The van der Waals surface area contributed by atoms with E-state index in [1.54, 1.807) is 6.07 Å². The Morgan fingerprint density at radius 1 is 1.36 bits per heavy atom. The first-order valence-electron chi connectivity index (χ1n) is 6.65. The minimum atomic E-state index is -0.292. The molecule has 0 saturated heterocycles. The summed E-state index contributed by atoms with van der Waals surface area (Å²) in [6.07, 6.45) is 0.586. The Balaban J connectivity index is 1.53. The van der Waals surface area contributed by atoms with Gasteiger partial charge in [-0.15, -0.1) is 10.2 Å². The van der Waals surface area contributed by atoms with Crippen LogP contribution in [-0.4, -0.2) is 29.6 Å². The molecule has 1 aromatic heterocycles. The van der Waals surface area contributed by atoms with Gasteiger partial charge in [0.25, 0.3) is 0 Å². The number of ether oxygens (including phenoxy) is 2. The average molecular weight is 321 g/mol. The zero-order chi connectivity index (χ0) is 15.5. The van der Waals surface area contributed by atoms with E-state index in [9.17, 15) is 4.79 Å². The highest BCUT2D eigenvalue weighted by molar-refractivity contribution is 7.15. The van der Waals surface area contributed by atoms with Crippen molar-refractivity contribution in [2.24, 2.45) is 0 Å². The van der Waals surface area contributed by atoms with E-state index in [0.717, 1.165) is 10.6 Å². The second kappa shape index (κ2) is 6.06. The molecule has 1 aliphatic rings. The van der Waals surface area contributed by atoms with Crippen molar-refractivity contribution in [3.8, 4) is 11.5 Å². The number of aryl methyl sites for hydroxylation is 1. The van der Waals surface area contributed by atoms with Gasteiger partial charge in [0.1, 0.15) is 5.01 Å². The Morgan fingerprint density at radius 2 is 2.14 bits per heavy atom. The van der Waals surface area contributed by atoms with Crippen LogP contribution in [0.25, 0.3) is 0 Å². The molecular formula is C13H15N5O3S. The standard InChI is InChI=1S/C13H15N5O3S/c1-7-4-9-10(21-6-20-9)5-8(7)16-13(19)15-3-2-11-17-18-12(14)22-11/h4-5H,2-3,6H2,1H3,(H2,14,18)(H2,15,16,19). The summed E-state index contributed by atoms with van der Waals surface area (Å²) < 4.78 is 10.6. The number of nitrogens with one attached hydrogen (secondary N) is 2. The lowest BCUT2D eigenvalue weighted by Gasteiger charge is -2.10. The molecule has 3 rings (SSSR count). The van der Waals surface area contributed by atoms with E-state index in [2.05, 4.69) is 20.8 Å². The van der Waals surface area contributed by atoms with Crippen LogP contribution in [0, 0.1) is 6.92 Å². The fourth-order valence-corrected chi connectivity index (χ4v) is 2.60. The van der Waals surface area contributed by atoms with Gasteiger partial charge in [0.15, 0.2) is 11.5 Å². The highest BCUT2D eigenvalue weighted by Crippen LogP contribution is 2.36. The van der Waals surface area contributed by atoms with E-state index in [0.29, 0.717) is 35.3 Å². The van der Waals surface area contributed by atoms with Crippen LogP contribution in [0.2, 0.25) is 0 Å². The molecule has 0 spiro atoms. The molecule has 8 nitrogen and oxygen atoms in total. The Hall–Kier alpha value is -2.55. The highest BCUT2D eigenvalue weighted by atomic mass is 32.1. The number of fused-ring (bicyclic) bond motifs is 1. The van der Waals surface area contributed by atoms with Crippen molar-refractivity contribution in [2.45, 2.75) is 13.3 Å². The third-order valence-electron chi connectivity index (χ3n) is 3.07. The molecule has 1 aliphatic heterocycles. The number of aromatic nitrogens is 2.